The topological polar surface area (TPSA) is 35.5 Å². The smallest absolute Gasteiger partial charge is 0.223 e. The molecular formula is C5H8O3. The molecule has 0 radical (unpaired) electrons. The van der Waals surface area contributed by atoms with E-state index in [2.05, 4.69) is 0 Å². The second-order valence-corrected chi connectivity index (χ2v) is 1.83. The number of aldehydes is 1. The first-order valence-electron chi connectivity index (χ1n) is 2.51. The number of ether oxygens (including phenoxy) is 2. The molecule has 0 atom stereocenters. The van der Waals surface area contributed by atoms with Crippen molar-refractivity contribution in [2.75, 3.05) is 13.2 Å². The van der Waals surface area contributed by atoms with Crippen LogP contribution in [-0.4, -0.2) is 25.3 Å². The Morgan fingerprint density at radius 2 is 2.00 bits per heavy atom. The highest BCUT2D eigenvalue weighted by Crippen LogP contribution is 2.14. The van der Waals surface area contributed by atoms with Gasteiger partial charge in [-0.05, 0) is 6.92 Å². The van der Waals surface area contributed by atoms with Gasteiger partial charge in [-0.1, -0.05) is 0 Å². The summed E-state index contributed by atoms with van der Waals surface area (Å²) < 4.78 is 9.80. The first-order chi connectivity index (χ1) is 3.77. The molecule has 0 amide bonds. The van der Waals surface area contributed by atoms with Gasteiger partial charge in [0, 0.05) is 0 Å². The number of hydrogen-bond acceptors (Lipinski definition) is 3. The fraction of sp³-hybridized carbons (Fsp3) is 0.800. The second kappa shape index (κ2) is 1.84. The molecule has 3 heteroatoms. The molecular weight excluding hydrogens is 108 g/mol. The van der Waals surface area contributed by atoms with Gasteiger partial charge in [0.15, 0.2) is 6.29 Å². The van der Waals surface area contributed by atoms with E-state index in [1.54, 1.807) is 6.92 Å². The van der Waals surface area contributed by atoms with Crippen molar-refractivity contribution in [1.29, 1.82) is 0 Å². The molecule has 1 aliphatic rings. The minimum atomic E-state index is -0.944. The predicted molar refractivity (Wildman–Crippen MR) is 26.4 cm³/mol. The highest BCUT2D eigenvalue weighted by atomic mass is 16.7. The minimum absolute atomic E-state index is 0.523. The van der Waals surface area contributed by atoms with E-state index < -0.39 is 5.79 Å². The van der Waals surface area contributed by atoms with Crippen molar-refractivity contribution < 1.29 is 14.3 Å². The molecule has 8 heavy (non-hydrogen) atoms. The first kappa shape index (κ1) is 5.72. The van der Waals surface area contributed by atoms with Crippen LogP contribution in [0.4, 0.5) is 0 Å². The van der Waals surface area contributed by atoms with Crippen LogP contribution in [0.1, 0.15) is 6.92 Å². The van der Waals surface area contributed by atoms with E-state index in [1.807, 2.05) is 0 Å². The molecule has 0 aromatic carbocycles. The standard InChI is InChI=1S/C5H8O3/c1-5(4-6)7-2-3-8-5/h4H,2-3H2,1H3. The summed E-state index contributed by atoms with van der Waals surface area (Å²) in [5, 5.41) is 0. The van der Waals surface area contributed by atoms with Crippen LogP contribution in [0.15, 0.2) is 0 Å². The summed E-state index contributed by atoms with van der Waals surface area (Å²) in [7, 11) is 0. The molecule has 1 rings (SSSR count). The van der Waals surface area contributed by atoms with Crippen molar-refractivity contribution in [2.24, 2.45) is 0 Å². The summed E-state index contributed by atoms with van der Waals surface area (Å²) in [5.74, 6) is -0.944. The van der Waals surface area contributed by atoms with E-state index in [1.165, 1.54) is 0 Å². The summed E-state index contributed by atoms with van der Waals surface area (Å²) in [5.41, 5.74) is 0. The van der Waals surface area contributed by atoms with E-state index in [4.69, 9.17) is 9.47 Å². The Morgan fingerprint density at radius 3 is 2.25 bits per heavy atom. The highest BCUT2D eigenvalue weighted by Gasteiger charge is 2.29. The molecule has 0 aliphatic carbocycles. The van der Waals surface area contributed by atoms with Crippen LogP contribution >= 0.6 is 0 Å². The van der Waals surface area contributed by atoms with E-state index in [-0.39, 0.29) is 0 Å². The second-order valence-electron chi connectivity index (χ2n) is 1.83. The average molecular weight is 116 g/mol. The number of carbonyl (C=O) groups is 1. The molecule has 1 heterocycles. The van der Waals surface area contributed by atoms with Gasteiger partial charge in [-0.2, -0.15) is 0 Å². The predicted octanol–water partition coefficient (Wildman–Crippen LogP) is -0.0517. The summed E-state index contributed by atoms with van der Waals surface area (Å²) in [6.45, 7) is 2.65. The van der Waals surface area contributed by atoms with Gasteiger partial charge in [0.25, 0.3) is 0 Å². The zero-order valence-corrected chi connectivity index (χ0v) is 4.72. The van der Waals surface area contributed by atoms with Gasteiger partial charge in [-0.3, -0.25) is 4.79 Å². The molecule has 0 aromatic rings. The first-order valence-corrected chi connectivity index (χ1v) is 2.51. The molecule has 1 aliphatic heterocycles. The Labute approximate surface area is 47.6 Å². The highest BCUT2D eigenvalue weighted by molar-refractivity contribution is 5.59. The monoisotopic (exact) mass is 116 g/mol. The Kier molecular flexibility index (Phi) is 1.31. The van der Waals surface area contributed by atoms with Crippen LogP contribution in [0.25, 0.3) is 0 Å². The lowest BCUT2D eigenvalue weighted by atomic mass is 10.4. The molecule has 0 spiro atoms. The summed E-state index contributed by atoms with van der Waals surface area (Å²) in [4.78, 5) is 10.1. The van der Waals surface area contributed by atoms with Crippen LogP contribution in [-0.2, 0) is 14.3 Å². The number of carbonyl (C=O) groups excluding carboxylic acids is 1. The molecule has 46 valence electrons. The molecule has 0 bridgehead atoms. The van der Waals surface area contributed by atoms with Gasteiger partial charge in [-0.25, -0.2) is 0 Å². The quantitative estimate of drug-likeness (QED) is 0.450. The molecule has 0 saturated carbocycles. The van der Waals surface area contributed by atoms with Gasteiger partial charge in [0.2, 0.25) is 5.79 Å². The third-order valence-electron chi connectivity index (χ3n) is 1.07. The largest absolute Gasteiger partial charge is 0.342 e. The lowest BCUT2D eigenvalue weighted by molar-refractivity contribution is -0.159. The van der Waals surface area contributed by atoms with Crippen molar-refractivity contribution in [3.05, 3.63) is 0 Å². The fourth-order valence-electron chi connectivity index (χ4n) is 0.598. The zero-order chi connectivity index (χ0) is 6.04. The normalized spacial score (nSPS) is 25.6. The van der Waals surface area contributed by atoms with Crippen LogP contribution in [0, 0.1) is 0 Å². The van der Waals surface area contributed by atoms with Crippen molar-refractivity contribution in [2.45, 2.75) is 12.7 Å². The van der Waals surface area contributed by atoms with Crippen molar-refractivity contribution in [3.8, 4) is 0 Å². The molecule has 0 N–H and O–H groups in total. The summed E-state index contributed by atoms with van der Waals surface area (Å²) in [6.07, 6.45) is 0.667. The Bertz CT molecular complexity index is 93.8. The lowest BCUT2D eigenvalue weighted by Crippen LogP contribution is -2.26. The van der Waals surface area contributed by atoms with Crippen molar-refractivity contribution >= 4 is 6.29 Å². The van der Waals surface area contributed by atoms with Crippen molar-refractivity contribution in [1.82, 2.24) is 0 Å². The number of hydrogen-bond donors (Lipinski definition) is 0. The molecule has 1 fully saturated rings. The average Bonchev–Trinajstić information content (AvgIpc) is 2.17. The van der Waals surface area contributed by atoms with Crippen LogP contribution in [0.3, 0.4) is 0 Å². The van der Waals surface area contributed by atoms with Crippen molar-refractivity contribution in [3.63, 3.8) is 0 Å². The minimum Gasteiger partial charge on any atom is -0.342 e. The van der Waals surface area contributed by atoms with E-state index in [9.17, 15) is 4.79 Å². The van der Waals surface area contributed by atoms with Crippen LogP contribution < -0.4 is 0 Å². The maximum Gasteiger partial charge on any atom is 0.223 e. The molecule has 1 saturated heterocycles. The maximum absolute atomic E-state index is 10.1. The Morgan fingerprint density at radius 1 is 1.50 bits per heavy atom. The summed E-state index contributed by atoms with van der Waals surface area (Å²) in [6, 6.07) is 0. The molecule has 3 nitrogen and oxygen atoms in total. The molecule has 0 aromatic heterocycles. The van der Waals surface area contributed by atoms with Gasteiger partial charge in [0.1, 0.15) is 0 Å². The van der Waals surface area contributed by atoms with E-state index in [0.29, 0.717) is 19.5 Å². The van der Waals surface area contributed by atoms with E-state index >= 15 is 0 Å². The van der Waals surface area contributed by atoms with Crippen LogP contribution in [0.2, 0.25) is 0 Å². The Balaban J connectivity index is 2.52. The SMILES string of the molecule is CC1(C=O)OCCO1. The lowest BCUT2D eigenvalue weighted by Gasteiger charge is -2.11. The van der Waals surface area contributed by atoms with Gasteiger partial charge >= 0.3 is 0 Å². The fourth-order valence-corrected chi connectivity index (χ4v) is 0.598. The van der Waals surface area contributed by atoms with Gasteiger partial charge in [0.05, 0.1) is 13.2 Å². The van der Waals surface area contributed by atoms with Gasteiger partial charge in [-0.15, -0.1) is 0 Å². The number of rotatable bonds is 1. The summed E-state index contributed by atoms with van der Waals surface area (Å²) >= 11 is 0. The maximum atomic E-state index is 10.1. The molecule has 0 unspecified atom stereocenters. The van der Waals surface area contributed by atoms with Gasteiger partial charge < -0.3 is 9.47 Å². The van der Waals surface area contributed by atoms with E-state index in [0.717, 1.165) is 0 Å². The third-order valence-corrected chi connectivity index (χ3v) is 1.07. The third kappa shape index (κ3) is 0.877. The van der Waals surface area contributed by atoms with Crippen LogP contribution in [0.5, 0.6) is 0 Å². The Hall–Kier alpha value is -0.410. The zero-order valence-electron chi connectivity index (χ0n) is 4.72.